The fourth-order valence-corrected chi connectivity index (χ4v) is 3.12. The molecule has 0 radical (unpaired) electrons. The summed E-state index contributed by atoms with van der Waals surface area (Å²) in [6, 6.07) is 8.91. The van der Waals surface area contributed by atoms with Gasteiger partial charge in [0.15, 0.2) is 0 Å². The third-order valence-corrected chi connectivity index (χ3v) is 3.93. The van der Waals surface area contributed by atoms with E-state index < -0.39 is 0 Å². The molecule has 1 saturated heterocycles. The highest BCUT2D eigenvalue weighted by molar-refractivity contribution is 5.23. The highest BCUT2D eigenvalue weighted by Gasteiger charge is 2.45. The van der Waals surface area contributed by atoms with E-state index in [0.29, 0.717) is 12.6 Å². The zero-order valence-electron chi connectivity index (χ0n) is 13.3. The third kappa shape index (κ3) is 3.81. The normalized spacial score (nSPS) is 23.9. The highest BCUT2D eigenvalue weighted by atomic mass is 16.5. The Morgan fingerprint density at radius 2 is 1.95 bits per heavy atom. The number of nitrogens with one attached hydrogen (secondary N) is 1. The molecule has 1 aromatic carbocycles. The van der Waals surface area contributed by atoms with Gasteiger partial charge in [-0.25, -0.2) is 0 Å². The van der Waals surface area contributed by atoms with Gasteiger partial charge in [-0.1, -0.05) is 24.3 Å². The molecule has 1 heterocycles. The topological polar surface area (TPSA) is 30.5 Å². The Kier molecular flexibility index (Phi) is 4.52. The number of hydrogen-bond acceptors (Lipinski definition) is 3. The molecule has 3 heteroatoms. The van der Waals surface area contributed by atoms with E-state index in [1.807, 2.05) is 0 Å². The molecule has 1 aromatic rings. The standard InChI is InChI=1S/C17H27NO2/c1-16(2)10-15(17(3,4)20-16)18-11-13-7-6-8-14(9-13)12-19-5/h6-9,15,18H,10-12H2,1-5H3. The van der Waals surface area contributed by atoms with Crippen molar-refractivity contribution in [3.8, 4) is 0 Å². The second-order valence-corrected chi connectivity index (χ2v) is 6.86. The van der Waals surface area contributed by atoms with E-state index in [-0.39, 0.29) is 11.2 Å². The second-order valence-electron chi connectivity index (χ2n) is 6.86. The fraction of sp³-hybridized carbons (Fsp3) is 0.647. The van der Waals surface area contributed by atoms with Gasteiger partial charge in [-0.05, 0) is 45.2 Å². The van der Waals surface area contributed by atoms with Crippen LogP contribution in [0.4, 0.5) is 0 Å². The summed E-state index contributed by atoms with van der Waals surface area (Å²) in [5.74, 6) is 0. The van der Waals surface area contributed by atoms with Gasteiger partial charge in [0.25, 0.3) is 0 Å². The van der Waals surface area contributed by atoms with Gasteiger partial charge in [-0.2, -0.15) is 0 Å². The molecule has 1 N–H and O–H groups in total. The Hall–Kier alpha value is -0.900. The van der Waals surface area contributed by atoms with E-state index in [1.165, 1.54) is 11.1 Å². The van der Waals surface area contributed by atoms with Crippen molar-refractivity contribution in [2.75, 3.05) is 7.11 Å². The minimum absolute atomic E-state index is 0.0426. The van der Waals surface area contributed by atoms with Crippen LogP contribution in [0.2, 0.25) is 0 Å². The van der Waals surface area contributed by atoms with Crippen LogP contribution in [0.3, 0.4) is 0 Å². The van der Waals surface area contributed by atoms with Crippen molar-refractivity contribution in [2.24, 2.45) is 0 Å². The predicted octanol–water partition coefficient (Wildman–Crippen LogP) is 3.27. The van der Waals surface area contributed by atoms with E-state index >= 15 is 0 Å². The summed E-state index contributed by atoms with van der Waals surface area (Å²) in [5, 5.41) is 3.65. The van der Waals surface area contributed by atoms with Gasteiger partial charge in [-0.3, -0.25) is 0 Å². The zero-order chi connectivity index (χ0) is 14.8. The lowest BCUT2D eigenvalue weighted by Crippen LogP contribution is -2.42. The molecular weight excluding hydrogens is 250 g/mol. The molecule has 1 fully saturated rings. The van der Waals surface area contributed by atoms with Crippen LogP contribution in [-0.4, -0.2) is 24.4 Å². The summed E-state index contributed by atoms with van der Waals surface area (Å²) in [5.41, 5.74) is 2.35. The Labute approximate surface area is 122 Å². The van der Waals surface area contributed by atoms with Gasteiger partial charge in [0.05, 0.1) is 17.8 Å². The van der Waals surface area contributed by atoms with Gasteiger partial charge in [0.2, 0.25) is 0 Å². The first-order chi connectivity index (χ1) is 9.32. The molecule has 1 aliphatic heterocycles. The Morgan fingerprint density at radius 1 is 1.25 bits per heavy atom. The van der Waals surface area contributed by atoms with Crippen LogP contribution in [0.15, 0.2) is 24.3 Å². The maximum absolute atomic E-state index is 6.12. The Morgan fingerprint density at radius 3 is 2.55 bits per heavy atom. The quantitative estimate of drug-likeness (QED) is 0.896. The van der Waals surface area contributed by atoms with Crippen molar-refractivity contribution < 1.29 is 9.47 Å². The summed E-state index contributed by atoms with van der Waals surface area (Å²) in [7, 11) is 1.73. The largest absolute Gasteiger partial charge is 0.380 e. The van der Waals surface area contributed by atoms with Gasteiger partial charge >= 0.3 is 0 Å². The Balaban J connectivity index is 1.97. The average Bonchev–Trinajstić information content (AvgIpc) is 2.55. The van der Waals surface area contributed by atoms with Gasteiger partial charge in [-0.15, -0.1) is 0 Å². The maximum Gasteiger partial charge on any atom is 0.0787 e. The highest BCUT2D eigenvalue weighted by Crippen LogP contribution is 2.37. The van der Waals surface area contributed by atoms with Gasteiger partial charge < -0.3 is 14.8 Å². The summed E-state index contributed by atoms with van der Waals surface area (Å²) in [6.45, 7) is 10.2. The molecule has 0 spiro atoms. The number of hydrogen-bond donors (Lipinski definition) is 1. The molecular formula is C17H27NO2. The molecule has 1 atom stereocenters. The number of ether oxygens (including phenoxy) is 2. The lowest BCUT2D eigenvalue weighted by molar-refractivity contribution is -0.0699. The van der Waals surface area contributed by atoms with Crippen LogP contribution in [-0.2, 0) is 22.6 Å². The molecule has 0 aliphatic carbocycles. The molecule has 0 amide bonds. The van der Waals surface area contributed by atoms with E-state index in [0.717, 1.165) is 13.0 Å². The van der Waals surface area contributed by atoms with Crippen molar-refractivity contribution in [3.63, 3.8) is 0 Å². The smallest absolute Gasteiger partial charge is 0.0787 e. The second kappa shape index (κ2) is 5.84. The summed E-state index contributed by atoms with van der Waals surface area (Å²) in [6.07, 6.45) is 1.04. The Bertz CT molecular complexity index is 454. The number of benzene rings is 1. The molecule has 1 unspecified atom stereocenters. The molecule has 0 aromatic heterocycles. The lowest BCUT2D eigenvalue weighted by Gasteiger charge is -2.28. The van der Waals surface area contributed by atoms with Crippen LogP contribution < -0.4 is 5.32 Å². The summed E-state index contributed by atoms with van der Waals surface area (Å²) >= 11 is 0. The van der Waals surface area contributed by atoms with Crippen molar-refractivity contribution >= 4 is 0 Å². The zero-order valence-corrected chi connectivity index (χ0v) is 13.3. The van der Waals surface area contributed by atoms with E-state index in [2.05, 4.69) is 57.3 Å². The minimum Gasteiger partial charge on any atom is -0.380 e. The first-order valence-corrected chi connectivity index (χ1v) is 7.33. The van der Waals surface area contributed by atoms with Crippen molar-refractivity contribution in [2.45, 2.75) is 64.5 Å². The van der Waals surface area contributed by atoms with Crippen LogP contribution >= 0.6 is 0 Å². The van der Waals surface area contributed by atoms with Crippen molar-refractivity contribution in [3.05, 3.63) is 35.4 Å². The van der Waals surface area contributed by atoms with Crippen LogP contribution in [0.1, 0.15) is 45.2 Å². The van der Waals surface area contributed by atoms with Crippen LogP contribution in [0, 0.1) is 0 Å². The van der Waals surface area contributed by atoms with E-state index in [1.54, 1.807) is 7.11 Å². The molecule has 112 valence electrons. The number of methoxy groups -OCH3 is 1. The molecule has 0 saturated carbocycles. The summed E-state index contributed by atoms with van der Waals surface area (Å²) < 4.78 is 11.3. The van der Waals surface area contributed by atoms with Crippen LogP contribution in [0.25, 0.3) is 0 Å². The lowest BCUT2D eigenvalue weighted by atomic mass is 9.94. The first kappa shape index (κ1) is 15.5. The minimum atomic E-state index is -0.117. The van der Waals surface area contributed by atoms with Crippen LogP contribution in [0.5, 0.6) is 0 Å². The van der Waals surface area contributed by atoms with Gasteiger partial charge in [0, 0.05) is 19.7 Å². The summed E-state index contributed by atoms with van der Waals surface area (Å²) in [4.78, 5) is 0. The molecule has 2 rings (SSSR count). The van der Waals surface area contributed by atoms with Crippen molar-refractivity contribution in [1.29, 1.82) is 0 Å². The average molecular weight is 277 g/mol. The van der Waals surface area contributed by atoms with E-state index in [9.17, 15) is 0 Å². The predicted molar refractivity (Wildman–Crippen MR) is 81.6 cm³/mol. The maximum atomic E-state index is 6.12. The van der Waals surface area contributed by atoms with Gasteiger partial charge in [0.1, 0.15) is 0 Å². The third-order valence-electron chi connectivity index (χ3n) is 3.93. The molecule has 1 aliphatic rings. The first-order valence-electron chi connectivity index (χ1n) is 7.33. The monoisotopic (exact) mass is 277 g/mol. The SMILES string of the molecule is COCc1cccc(CNC2CC(C)(C)OC2(C)C)c1. The molecule has 0 bridgehead atoms. The fourth-order valence-electron chi connectivity index (χ4n) is 3.12. The van der Waals surface area contributed by atoms with Crippen molar-refractivity contribution in [1.82, 2.24) is 5.32 Å². The van der Waals surface area contributed by atoms with E-state index in [4.69, 9.17) is 9.47 Å². The molecule has 3 nitrogen and oxygen atoms in total. The molecule has 20 heavy (non-hydrogen) atoms. The number of rotatable bonds is 5.